The van der Waals surface area contributed by atoms with Gasteiger partial charge in [0.05, 0.1) is 31.2 Å². The molecule has 0 aliphatic carbocycles. The summed E-state index contributed by atoms with van der Waals surface area (Å²) in [7, 11) is -3.78. The van der Waals surface area contributed by atoms with Gasteiger partial charge in [0, 0.05) is 18.7 Å². The van der Waals surface area contributed by atoms with Crippen LogP contribution < -0.4 is 9.62 Å². The van der Waals surface area contributed by atoms with Gasteiger partial charge in [-0.1, -0.05) is 54.6 Å². The average molecular weight is 522 g/mol. The van der Waals surface area contributed by atoms with E-state index in [2.05, 4.69) is 5.32 Å². The summed E-state index contributed by atoms with van der Waals surface area (Å²) in [6.07, 6.45) is 1.06. The van der Waals surface area contributed by atoms with Crippen molar-refractivity contribution in [3.05, 3.63) is 101 Å². The van der Waals surface area contributed by atoms with Crippen molar-refractivity contribution in [1.29, 1.82) is 0 Å². The molecule has 8 nitrogen and oxygen atoms in total. The molecule has 194 valence electrons. The van der Waals surface area contributed by atoms with Crippen molar-refractivity contribution >= 4 is 27.5 Å². The molecule has 1 fully saturated rings. The van der Waals surface area contributed by atoms with E-state index >= 15 is 0 Å². The van der Waals surface area contributed by atoms with E-state index in [-0.39, 0.29) is 5.91 Å². The first kappa shape index (κ1) is 26.4. The molecule has 1 N–H and O–H groups in total. The lowest BCUT2D eigenvalue weighted by Crippen LogP contribution is -2.42. The Morgan fingerprint density at radius 1 is 0.946 bits per heavy atom. The third kappa shape index (κ3) is 6.55. The number of carbonyl (C=O) groups excluding carboxylic acids is 2. The number of ether oxygens (including phenoxy) is 1. The highest BCUT2D eigenvalue weighted by molar-refractivity contribution is 7.92. The first-order valence-electron chi connectivity index (χ1n) is 12.1. The van der Waals surface area contributed by atoms with E-state index in [4.69, 9.17) is 4.74 Å². The van der Waals surface area contributed by atoms with E-state index in [1.54, 1.807) is 29.2 Å². The van der Waals surface area contributed by atoms with Gasteiger partial charge in [0.2, 0.25) is 15.9 Å². The van der Waals surface area contributed by atoms with Crippen LogP contribution in [-0.4, -0.2) is 64.2 Å². The number of sulfonamides is 1. The Kier molecular flexibility index (Phi) is 8.25. The van der Waals surface area contributed by atoms with Gasteiger partial charge in [0.15, 0.2) is 0 Å². The third-order valence-electron chi connectivity index (χ3n) is 6.33. The van der Waals surface area contributed by atoms with Crippen LogP contribution in [0.2, 0.25) is 0 Å². The highest BCUT2D eigenvalue weighted by atomic mass is 32.2. The van der Waals surface area contributed by atoms with Gasteiger partial charge < -0.3 is 15.0 Å². The van der Waals surface area contributed by atoms with Crippen LogP contribution in [0.5, 0.6) is 0 Å². The standard InChI is InChI=1S/C28H31N3O5S/c1-21-8-6-7-11-25(21)27(22-9-4-3-5-10-22)29-26(32)20-31(37(2,34)35)24-14-12-23(13-15-24)28(33)30-16-18-36-19-17-30/h3-15,27H,16-20H2,1-2H3,(H,29,32). The maximum atomic E-state index is 13.2. The van der Waals surface area contributed by atoms with Crippen molar-refractivity contribution in [1.82, 2.24) is 10.2 Å². The van der Waals surface area contributed by atoms with Crippen LogP contribution >= 0.6 is 0 Å². The lowest BCUT2D eigenvalue weighted by molar-refractivity contribution is -0.120. The summed E-state index contributed by atoms with van der Waals surface area (Å²) in [5.41, 5.74) is 3.59. The Hall–Kier alpha value is -3.69. The second-order valence-corrected chi connectivity index (χ2v) is 10.9. The summed E-state index contributed by atoms with van der Waals surface area (Å²) in [5, 5.41) is 3.02. The monoisotopic (exact) mass is 521 g/mol. The molecule has 1 atom stereocenters. The second-order valence-electron chi connectivity index (χ2n) is 8.99. The SMILES string of the molecule is Cc1ccccc1C(NC(=O)CN(c1ccc(C(=O)N2CCOCC2)cc1)S(C)(=O)=O)c1ccccc1. The van der Waals surface area contributed by atoms with Crippen molar-refractivity contribution in [3.8, 4) is 0 Å². The lowest BCUT2D eigenvalue weighted by atomic mass is 9.95. The van der Waals surface area contributed by atoms with Crippen LogP contribution in [0, 0.1) is 6.92 Å². The predicted molar refractivity (Wildman–Crippen MR) is 143 cm³/mol. The number of rotatable bonds is 8. The van der Waals surface area contributed by atoms with Crippen LogP contribution in [0.15, 0.2) is 78.9 Å². The molecular formula is C28H31N3O5S. The minimum atomic E-state index is -3.78. The Balaban J connectivity index is 1.54. The molecule has 0 bridgehead atoms. The molecule has 0 radical (unpaired) electrons. The molecule has 4 rings (SSSR count). The van der Waals surface area contributed by atoms with Crippen molar-refractivity contribution in [2.45, 2.75) is 13.0 Å². The summed E-state index contributed by atoms with van der Waals surface area (Å²) in [6, 6.07) is 23.2. The molecule has 3 aromatic carbocycles. The smallest absolute Gasteiger partial charge is 0.254 e. The zero-order valence-electron chi connectivity index (χ0n) is 21.0. The topological polar surface area (TPSA) is 96.0 Å². The number of carbonyl (C=O) groups is 2. The fourth-order valence-corrected chi connectivity index (χ4v) is 5.21. The van der Waals surface area contributed by atoms with E-state index in [1.807, 2.05) is 61.5 Å². The largest absolute Gasteiger partial charge is 0.378 e. The van der Waals surface area contributed by atoms with Gasteiger partial charge in [-0.3, -0.25) is 13.9 Å². The van der Waals surface area contributed by atoms with Crippen LogP contribution in [0.3, 0.4) is 0 Å². The fraction of sp³-hybridized carbons (Fsp3) is 0.286. The molecule has 3 aromatic rings. The summed E-state index contributed by atoms with van der Waals surface area (Å²) in [4.78, 5) is 27.7. The summed E-state index contributed by atoms with van der Waals surface area (Å²) in [5.74, 6) is -0.585. The minimum Gasteiger partial charge on any atom is -0.378 e. The first-order valence-corrected chi connectivity index (χ1v) is 13.9. The normalized spacial score (nSPS) is 14.6. The van der Waals surface area contributed by atoms with E-state index in [0.29, 0.717) is 37.6 Å². The molecule has 1 saturated heterocycles. The Morgan fingerprint density at radius 2 is 1.57 bits per heavy atom. The average Bonchev–Trinajstić information content (AvgIpc) is 2.91. The number of nitrogens with zero attached hydrogens (tertiary/aromatic N) is 2. The number of hydrogen-bond donors (Lipinski definition) is 1. The van der Waals surface area contributed by atoms with Gasteiger partial charge in [0.25, 0.3) is 5.91 Å². The van der Waals surface area contributed by atoms with E-state index in [1.165, 1.54) is 0 Å². The molecule has 1 aliphatic heterocycles. The van der Waals surface area contributed by atoms with Crippen molar-refractivity contribution < 1.29 is 22.7 Å². The van der Waals surface area contributed by atoms with E-state index < -0.39 is 28.5 Å². The van der Waals surface area contributed by atoms with Gasteiger partial charge >= 0.3 is 0 Å². The zero-order valence-corrected chi connectivity index (χ0v) is 21.8. The number of benzene rings is 3. The Bertz CT molecular complexity index is 1340. The maximum Gasteiger partial charge on any atom is 0.254 e. The molecule has 2 amide bonds. The van der Waals surface area contributed by atoms with Gasteiger partial charge in [-0.05, 0) is 47.9 Å². The van der Waals surface area contributed by atoms with Crippen molar-refractivity contribution in [2.24, 2.45) is 0 Å². The number of morpholine rings is 1. The fourth-order valence-electron chi connectivity index (χ4n) is 4.35. The molecule has 1 aliphatic rings. The highest BCUT2D eigenvalue weighted by Crippen LogP contribution is 2.25. The molecule has 9 heteroatoms. The molecule has 0 saturated carbocycles. The summed E-state index contributed by atoms with van der Waals surface area (Å²) in [6.45, 7) is 3.59. The number of aryl methyl sites for hydroxylation is 1. The van der Waals surface area contributed by atoms with Gasteiger partial charge in [-0.25, -0.2) is 8.42 Å². The Labute approximate surface area is 217 Å². The molecule has 0 aromatic heterocycles. The second kappa shape index (κ2) is 11.6. The summed E-state index contributed by atoms with van der Waals surface area (Å²) >= 11 is 0. The first-order chi connectivity index (χ1) is 17.7. The quantitative estimate of drug-likeness (QED) is 0.491. The third-order valence-corrected chi connectivity index (χ3v) is 7.47. The maximum absolute atomic E-state index is 13.2. The van der Waals surface area contributed by atoms with Gasteiger partial charge in [0.1, 0.15) is 6.54 Å². The van der Waals surface area contributed by atoms with E-state index in [0.717, 1.165) is 27.3 Å². The van der Waals surface area contributed by atoms with Crippen LogP contribution in [0.25, 0.3) is 0 Å². The van der Waals surface area contributed by atoms with E-state index in [9.17, 15) is 18.0 Å². The number of hydrogen-bond acceptors (Lipinski definition) is 5. The van der Waals surface area contributed by atoms with Crippen LogP contribution in [0.4, 0.5) is 5.69 Å². The Morgan fingerprint density at radius 3 is 2.19 bits per heavy atom. The number of nitrogens with one attached hydrogen (secondary N) is 1. The predicted octanol–water partition coefficient (Wildman–Crippen LogP) is 3.14. The minimum absolute atomic E-state index is 0.137. The zero-order chi connectivity index (χ0) is 26.4. The lowest BCUT2D eigenvalue weighted by Gasteiger charge is -2.27. The van der Waals surface area contributed by atoms with Crippen LogP contribution in [-0.2, 0) is 19.6 Å². The van der Waals surface area contributed by atoms with Crippen LogP contribution in [0.1, 0.15) is 33.1 Å². The summed E-state index contributed by atoms with van der Waals surface area (Å²) < 4.78 is 31.7. The molecule has 1 unspecified atom stereocenters. The number of anilines is 1. The van der Waals surface area contributed by atoms with Gasteiger partial charge in [-0.15, -0.1) is 0 Å². The van der Waals surface area contributed by atoms with Crippen molar-refractivity contribution in [3.63, 3.8) is 0 Å². The highest BCUT2D eigenvalue weighted by Gasteiger charge is 2.25. The van der Waals surface area contributed by atoms with Crippen molar-refractivity contribution in [2.75, 3.05) is 43.4 Å². The molecule has 1 heterocycles. The number of amides is 2. The molecule has 0 spiro atoms. The molecular weight excluding hydrogens is 490 g/mol. The molecule has 37 heavy (non-hydrogen) atoms. The van der Waals surface area contributed by atoms with Gasteiger partial charge in [-0.2, -0.15) is 0 Å².